The Morgan fingerprint density at radius 3 is 2.84 bits per heavy atom. The van der Waals surface area contributed by atoms with Crippen molar-refractivity contribution in [3.05, 3.63) is 45.4 Å². The Labute approximate surface area is 119 Å². The highest BCUT2D eigenvalue weighted by molar-refractivity contribution is 6.33. The van der Waals surface area contributed by atoms with E-state index in [1.807, 2.05) is 0 Å². The molecule has 1 aliphatic carbocycles. The van der Waals surface area contributed by atoms with Gasteiger partial charge in [-0.2, -0.15) is 0 Å². The van der Waals surface area contributed by atoms with Gasteiger partial charge in [0.05, 0.1) is 16.4 Å². The van der Waals surface area contributed by atoms with Crippen molar-refractivity contribution in [2.75, 3.05) is 5.32 Å². The van der Waals surface area contributed by atoms with Crippen molar-refractivity contribution >= 4 is 34.8 Å². The lowest BCUT2D eigenvalue weighted by atomic mass is 10.3. The molecule has 98 valence electrons. The van der Waals surface area contributed by atoms with Crippen LogP contribution in [0.2, 0.25) is 10.2 Å². The number of halogens is 3. The van der Waals surface area contributed by atoms with E-state index in [9.17, 15) is 4.39 Å². The predicted octanol–water partition coefficient (Wildman–Crippen LogP) is 4.15. The number of rotatable bonds is 2. The smallest absolute Gasteiger partial charge is 0.228 e. The van der Waals surface area contributed by atoms with E-state index >= 15 is 0 Å². The highest BCUT2D eigenvalue weighted by atomic mass is 35.5. The van der Waals surface area contributed by atoms with Crippen molar-refractivity contribution in [2.45, 2.75) is 19.3 Å². The van der Waals surface area contributed by atoms with Crippen LogP contribution in [0.4, 0.5) is 16.0 Å². The largest absolute Gasteiger partial charge is 0.323 e. The molecule has 0 aliphatic heterocycles. The second-order valence-electron chi connectivity index (χ2n) is 4.37. The van der Waals surface area contributed by atoms with Crippen molar-refractivity contribution in [1.82, 2.24) is 9.97 Å². The fraction of sp³-hybridized carbons (Fsp3) is 0.231. The quantitative estimate of drug-likeness (QED) is 0.846. The summed E-state index contributed by atoms with van der Waals surface area (Å²) in [6.45, 7) is 0. The van der Waals surface area contributed by atoms with Gasteiger partial charge in [-0.15, -0.1) is 0 Å². The Morgan fingerprint density at radius 2 is 2.00 bits per heavy atom. The van der Waals surface area contributed by atoms with E-state index in [1.165, 1.54) is 18.2 Å². The molecule has 0 saturated heterocycles. The summed E-state index contributed by atoms with van der Waals surface area (Å²) in [6.07, 6.45) is 2.84. The summed E-state index contributed by atoms with van der Waals surface area (Å²) in [5.41, 5.74) is 2.39. The summed E-state index contributed by atoms with van der Waals surface area (Å²) in [7, 11) is 0. The highest BCUT2D eigenvalue weighted by Crippen LogP contribution is 2.29. The normalized spacial score (nSPS) is 13.4. The Balaban J connectivity index is 1.95. The van der Waals surface area contributed by atoms with Crippen LogP contribution in [0.5, 0.6) is 0 Å². The molecule has 1 aromatic carbocycles. The van der Waals surface area contributed by atoms with Crippen LogP contribution in [0, 0.1) is 5.82 Å². The first-order chi connectivity index (χ1) is 9.13. The summed E-state index contributed by atoms with van der Waals surface area (Å²) in [5, 5.41) is 3.77. The van der Waals surface area contributed by atoms with E-state index < -0.39 is 0 Å². The van der Waals surface area contributed by atoms with Gasteiger partial charge in [0.25, 0.3) is 0 Å². The van der Waals surface area contributed by atoms with Crippen LogP contribution in [0.25, 0.3) is 0 Å². The van der Waals surface area contributed by atoms with Crippen molar-refractivity contribution < 1.29 is 4.39 Å². The summed E-state index contributed by atoms with van der Waals surface area (Å²) in [5.74, 6) is -0.0303. The van der Waals surface area contributed by atoms with Gasteiger partial charge in [-0.1, -0.05) is 23.2 Å². The molecule has 0 atom stereocenters. The Morgan fingerprint density at radius 1 is 1.16 bits per heavy atom. The van der Waals surface area contributed by atoms with Crippen LogP contribution < -0.4 is 5.32 Å². The zero-order valence-corrected chi connectivity index (χ0v) is 11.4. The molecule has 19 heavy (non-hydrogen) atoms. The van der Waals surface area contributed by atoms with E-state index in [0.29, 0.717) is 21.8 Å². The second-order valence-corrected chi connectivity index (χ2v) is 5.13. The first-order valence-corrected chi connectivity index (χ1v) is 6.66. The molecule has 2 aromatic rings. The number of nitrogens with one attached hydrogen (secondary N) is 1. The zero-order valence-electron chi connectivity index (χ0n) is 9.88. The van der Waals surface area contributed by atoms with Gasteiger partial charge in [-0.3, -0.25) is 0 Å². The molecule has 0 unspecified atom stereocenters. The van der Waals surface area contributed by atoms with Gasteiger partial charge in [0.1, 0.15) is 11.0 Å². The molecule has 0 fully saturated rings. The van der Waals surface area contributed by atoms with E-state index in [-0.39, 0.29) is 5.82 Å². The molecule has 1 aromatic heterocycles. The highest BCUT2D eigenvalue weighted by Gasteiger charge is 2.18. The maximum Gasteiger partial charge on any atom is 0.228 e. The van der Waals surface area contributed by atoms with Crippen LogP contribution >= 0.6 is 23.2 Å². The first-order valence-electron chi connectivity index (χ1n) is 5.91. The van der Waals surface area contributed by atoms with Gasteiger partial charge in [0.2, 0.25) is 5.95 Å². The molecule has 0 spiro atoms. The topological polar surface area (TPSA) is 37.8 Å². The lowest BCUT2D eigenvalue weighted by molar-refractivity contribution is 0.628. The molecule has 1 aliphatic rings. The number of fused-ring (bicyclic) bond motifs is 1. The number of aryl methyl sites for hydroxylation is 1. The minimum atomic E-state index is -0.376. The molecule has 6 heteroatoms. The van der Waals surface area contributed by atoms with Crippen LogP contribution in [0.3, 0.4) is 0 Å². The summed E-state index contributed by atoms with van der Waals surface area (Å²) in [6, 6.07) is 4.07. The number of hydrogen-bond acceptors (Lipinski definition) is 3. The molecular formula is C13H10Cl2FN3. The monoisotopic (exact) mass is 297 g/mol. The van der Waals surface area contributed by atoms with Crippen LogP contribution in [0.15, 0.2) is 18.2 Å². The Hall–Kier alpha value is -1.39. The van der Waals surface area contributed by atoms with Crippen molar-refractivity contribution in [3.8, 4) is 0 Å². The van der Waals surface area contributed by atoms with Crippen molar-refractivity contribution in [2.24, 2.45) is 0 Å². The van der Waals surface area contributed by atoms with E-state index in [0.717, 1.165) is 30.5 Å². The number of anilines is 2. The summed E-state index contributed by atoms with van der Waals surface area (Å²) >= 11 is 12.1. The molecule has 1 heterocycles. The van der Waals surface area contributed by atoms with Gasteiger partial charge >= 0.3 is 0 Å². The average Bonchev–Trinajstić information content (AvgIpc) is 2.82. The fourth-order valence-electron chi connectivity index (χ4n) is 2.16. The minimum absolute atomic E-state index is 0.346. The summed E-state index contributed by atoms with van der Waals surface area (Å²) < 4.78 is 13.2. The fourth-order valence-corrected chi connectivity index (χ4v) is 2.60. The van der Waals surface area contributed by atoms with Crippen LogP contribution in [-0.4, -0.2) is 9.97 Å². The van der Waals surface area contributed by atoms with Gasteiger partial charge in [-0.25, -0.2) is 14.4 Å². The van der Waals surface area contributed by atoms with Crippen molar-refractivity contribution in [1.29, 1.82) is 0 Å². The molecule has 0 bridgehead atoms. The van der Waals surface area contributed by atoms with E-state index in [1.54, 1.807) is 0 Å². The van der Waals surface area contributed by atoms with E-state index in [4.69, 9.17) is 23.2 Å². The van der Waals surface area contributed by atoms with Gasteiger partial charge < -0.3 is 5.32 Å². The lowest BCUT2D eigenvalue weighted by Crippen LogP contribution is -2.02. The molecule has 0 radical (unpaired) electrons. The first kappa shape index (κ1) is 12.6. The maximum absolute atomic E-state index is 13.2. The number of hydrogen-bond donors (Lipinski definition) is 1. The van der Waals surface area contributed by atoms with Gasteiger partial charge in [0.15, 0.2) is 0 Å². The van der Waals surface area contributed by atoms with Gasteiger partial charge in [0, 0.05) is 5.56 Å². The molecule has 3 rings (SSSR count). The summed E-state index contributed by atoms with van der Waals surface area (Å²) in [4.78, 5) is 8.57. The molecule has 0 saturated carbocycles. The van der Waals surface area contributed by atoms with Gasteiger partial charge in [-0.05, 0) is 37.5 Å². The SMILES string of the molecule is Fc1ccc(Cl)c(Nc2nc(Cl)c3c(n2)CCC3)c1. The molecule has 0 amide bonds. The third-order valence-corrected chi connectivity index (χ3v) is 3.70. The zero-order chi connectivity index (χ0) is 13.4. The predicted molar refractivity (Wildman–Crippen MR) is 73.8 cm³/mol. The third-order valence-electron chi connectivity index (χ3n) is 3.06. The standard InChI is InChI=1S/C13H10Cl2FN3/c14-9-5-4-7(16)6-11(9)18-13-17-10-3-1-2-8(10)12(15)19-13/h4-6H,1-3H2,(H,17,18,19). The molecular weight excluding hydrogens is 288 g/mol. The van der Waals surface area contributed by atoms with Crippen LogP contribution in [0.1, 0.15) is 17.7 Å². The lowest BCUT2D eigenvalue weighted by Gasteiger charge is -2.09. The van der Waals surface area contributed by atoms with E-state index in [2.05, 4.69) is 15.3 Å². The third kappa shape index (κ3) is 2.51. The number of aromatic nitrogens is 2. The average molecular weight is 298 g/mol. The molecule has 1 N–H and O–H groups in total. The van der Waals surface area contributed by atoms with Crippen LogP contribution in [-0.2, 0) is 12.8 Å². The van der Waals surface area contributed by atoms with Crippen molar-refractivity contribution in [3.63, 3.8) is 0 Å². The molecule has 3 nitrogen and oxygen atoms in total. The second kappa shape index (κ2) is 4.94. The maximum atomic E-state index is 13.2. The Bertz CT molecular complexity index is 646. The Kier molecular flexibility index (Phi) is 3.29. The number of benzene rings is 1. The minimum Gasteiger partial charge on any atom is -0.323 e. The number of nitrogens with zero attached hydrogens (tertiary/aromatic N) is 2.